The van der Waals surface area contributed by atoms with E-state index < -0.39 is 0 Å². The third kappa shape index (κ3) is 1.99. The molecule has 1 saturated heterocycles. The van der Waals surface area contributed by atoms with E-state index in [2.05, 4.69) is 17.9 Å². The van der Waals surface area contributed by atoms with Crippen LogP contribution < -0.4 is 5.32 Å². The first-order valence-corrected chi connectivity index (χ1v) is 3.69. The van der Waals surface area contributed by atoms with Gasteiger partial charge in [-0.3, -0.25) is 4.79 Å². The van der Waals surface area contributed by atoms with Gasteiger partial charge in [-0.2, -0.15) is 0 Å². The van der Waals surface area contributed by atoms with Crippen molar-refractivity contribution in [2.24, 2.45) is 5.92 Å². The molecule has 1 rings (SSSR count). The Morgan fingerprint density at radius 2 is 2.00 bits per heavy atom. The number of carbonyl (C=O) groups excluding carboxylic acids is 1. The Labute approximate surface area is 60.4 Å². The molecule has 0 aromatic rings. The second-order valence-electron chi connectivity index (χ2n) is 2.36. The number of carbonyl (C=O) groups is 1. The van der Waals surface area contributed by atoms with Crippen LogP contribution in [0, 0.1) is 5.92 Å². The summed E-state index contributed by atoms with van der Waals surface area (Å²) in [5.41, 5.74) is 0. The second-order valence-corrected chi connectivity index (χ2v) is 2.80. The first kappa shape index (κ1) is 7.09. The minimum Gasteiger partial charge on any atom is -0.317 e. The molecule has 2 nitrogen and oxygen atoms in total. The van der Waals surface area contributed by atoms with Crippen molar-refractivity contribution in [3.05, 3.63) is 0 Å². The highest BCUT2D eigenvalue weighted by molar-refractivity contribution is 7.96. The molecule has 0 spiro atoms. The molecule has 0 aromatic carbocycles. The second kappa shape index (κ2) is 3.22. The summed E-state index contributed by atoms with van der Waals surface area (Å²) < 4.78 is 0. The lowest BCUT2D eigenvalue weighted by Gasteiger charge is -2.18. The topological polar surface area (TPSA) is 29.1 Å². The zero-order valence-corrected chi connectivity index (χ0v) is 6.16. The molecule has 0 atom stereocenters. The lowest BCUT2D eigenvalue weighted by Crippen LogP contribution is -2.30. The zero-order valence-electron chi connectivity index (χ0n) is 5.26. The van der Waals surface area contributed by atoms with Gasteiger partial charge in [0.05, 0.1) is 0 Å². The number of hydrogen-bond acceptors (Lipinski definition) is 2. The van der Waals surface area contributed by atoms with Crippen LogP contribution >= 0.6 is 12.6 Å². The van der Waals surface area contributed by atoms with Gasteiger partial charge in [-0.1, -0.05) is 0 Å². The summed E-state index contributed by atoms with van der Waals surface area (Å²) in [7, 11) is 0. The molecule has 0 aliphatic carbocycles. The van der Waals surface area contributed by atoms with E-state index in [4.69, 9.17) is 0 Å². The molecule has 0 aromatic heterocycles. The number of piperidine rings is 1. The minimum absolute atomic E-state index is 0.0523. The van der Waals surface area contributed by atoms with Crippen molar-refractivity contribution in [3.8, 4) is 0 Å². The third-order valence-electron chi connectivity index (χ3n) is 1.69. The van der Waals surface area contributed by atoms with E-state index in [-0.39, 0.29) is 11.0 Å². The van der Waals surface area contributed by atoms with Gasteiger partial charge in [0.25, 0.3) is 0 Å². The summed E-state index contributed by atoms with van der Waals surface area (Å²) in [5, 5.41) is 3.24. The summed E-state index contributed by atoms with van der Waals surface area (Å²) >= 11 is 3.77. The summed E-state index contributed by atoms with van der Waals surface area (Å²) in [4.78, 5) is 10.6. The van der Waals surface area contributed by atoms with Crippen LogP contribution in [-0.4, -0.2) is 18.2 Å². The van der Waals surface area contributed by atoms with Crippen molar-refractivity contribution in [3.63, 3.8) is 0 Å². The average molecular weight is 145 g/mol. The number of nitrogens with one attached hydrogen (secondary N) is 1. The maximum absolute atomic E-state index is 10.6. The van der Waals surface area contributed by atoms with Crippen LogP contribution in [0.5, 0.6) is 0 Å². The Morgan fingerprint density at radius 3 is 2.33 bits per heavy atom. The molecule has 1 N–H and O–H groups in total. The standard InChI is InChI=1S/C6H11NOS/c8-6(9)5-1-3-7-4-2-5/h5,7H,1-4H2,(H,8,9). The summed E-state index contributed by atoms with van der Waals surface area (Å²) in [6.07, 6.45) is 1.92. The van der Waals surface area contributed by atoms with Crippen molar-refractivity contribution >= 4 is 17.7 Å². The monoisotopic (exact) mass is 145 g/mol. The fourth-order valence-electron chi connectivity index (χ4n) is 1.07. The van der Waals surface area contributed by atoms with Gasteiger partial charge in [0.1, 0.15) is 0 Å². The van der Waals surface area contributed by atoms with E-state index in [0.29, 0.717) is 0 Å². The van der Waals surface area contributed by atoms with E-state index >= 15 is 0 Å². The van der Waals surface area contributed by atoms with E-state index in [1.54, 1.807) is 0 Å². The van der Waals surface area contributed by atoms with Gasteiger partial charge in [-0.15, -0.1) is 12.6 Å². The van der Waals surface area contributed by atoms with Gasteiger partial charge in [-0.25, -0.2) is 0 Å². The fourth-order valence-corrected chi connectivity index (χ4v) is 1.33. The van der Waals surface area contributed by atoms with Gasteiger partial charge in [-0.05, 0) is 25.9 Å². The average Bonchev–Trinajstić information content (AvgIpc) is 1.90. The molecule has 0 unspecified atom stereocenters. The largest absolute Gasteiger partial charge is 0.317 e. The Balaban J connectivity index is 2.31. The first-order chi connectivity index (χ1) is 4.30. The highest BCUT2D eigenvalue weighted by Crippen LogP contribution is 2.13. The molecule has 1 aliphatic rings. The lowest BCUT2D eigenvalue weighted by atomic mass is 10.0. The number of thiol groups is 1. The van der Waals surface area contributed by atoms with Crippen molar-refractivity contribution in [1.29, 1.82) is 0 Å². The minimum atomic E-state index is 0.0523. The molecule has 0 saturated carbocycles. The van der Waals surface area contributed by atoms with Crippen molar-refractivity contribution in [1.82, 2.24) is 5.32 Å². The van der Waals surface area contributed by atoms with Gasteiger partial charge in [0.2, 0.25) is 0 Å². The lowest BCUT2D eigenvalue weighted by molar-refractivity contribution is -0.114. The summed E-state index contributed by atoms with van der Waals surface area (Å²) in [6, 6.07) is 0. The van der Waals surface area contributed by atoms with Gasteiger partial charge in [0, 0.05) is 5.92 Å². The van der Waals surface area contributed by atoms with Gasteiger partial charge < -0.3 is 5.32 Å². The van der Waals surface area contributed by atoms with Crippen LogP contribution in [0.1, 0.15) is 12.8 Å². The molecule has 3 heteroatoms. The van der Waals surface area contributed by atoms with Crippen molar-refractivity contribution < 1.29 is 4.79 Å². The smallest absolute Gasteiger partial charge is 0.189 e. The Kier molecular flexibility index (Phi) is 2.54. The first-order valence-electron chi connectivity index (χ1n) is 3.24. The third-order valence-corrected chi connectivity index (χ3v) is 2.05. The van der Waals surface area contributed by atoms with E-state index in [1.807, 2.05) is 0 Å². The molecule has 52 valence electrons. The fraction of sp³-hybridized carbons (Fsp3) is 0.833. The molecule has 0 radical (unpaired) electrons. The maximum atomic E-state index is 10.6. The quantitative estimate of drug-likeness (QED) is 0.524. The number of rotatable bonds is 1. The molecule has 1 heterocycles. The van der Waals surface area contributed by atoms with Crippen LogP contribution in [-0.2, 0) is 4.79 Å². The van der Waals surface area contributed by atoms with Crippen molar-refractivity contribution in [2.45, 2.75) is 12.8 Å². The Morgan fingerprint density at radius 1 is 1.44 bits per heavy atom. The molecule has 1 fully saturated rings. The molecule has 0 bridgehead atoms. The van der Waals surface area contributed by atoms with E-state index in [9.17, 15) is 4.79 Å². The van der Waals surface area contributed by atoms with Crippen molar-refractivity contribution in [2.75, 3.05) is 13.1 Å². The predicted octanol–water partition coefficient (Wildman–Crippen LogP) is 0.442. The van der Waals surface area contributed by atoms with E-state index in [1.165, 1.54) is 0 Å². The molecular weight excluding hydrogens is 134 g/mol. The van der Waals surface area contributed by atoms with Crippen LogP contribution in [0.2, 0.25) is 0 Å². The molecule has 1 aliphatic heterocycles. The van der Waals surface area contributed by atoms with Crippen LogP contribution in [0.4, 0.5) is 0 Å². The number of hydrogen-bond donors (Lipinski definition) is 2. The van der Waals surface area contributed by atoms with Crippen LogP contribution in [0.3, 0.4) is 0 Å². The Bertz CT molecular complexity index is 110. The predicted molar refractivity (Wildman–Crippen MR) is 39.6 cm³/mol. The van der Waals surface area contributed by atoms with Crippen LogP contribution in [0.15, 0.2) is 0 Å². The van der Waals surface area contributed by atoms with Gasteiger partial charge in [0.15, 0.2) is 5.12 Å². The summed E-state index contributed by atoms with van der Waals surface area (Å²) in [5.74, 6) is 0.217. The highest BCUT2D eigenvalue weighted by Gasteiger charge is 2.16. The Hall–Kier alpha value is -0.0200. The normalized spacial score (nSPS) is 21.9. The van der Waals surface area contributed by atoms with E-state index in [0.717, 1.165) is 25.9 Å². The summed E-state index contributed by atoms with van der Waals surface area (Å²) in [6.45, 7) is 1.94. The highest BCUT2D eigenvalue weighted by atomic mass is 32.1. The SMILES string of the molecule is O=C(S)C1CCNCC1. The zero-order chi connectivity index (χ0) is 6.69. The maximum Gasteiger partial charge on any atom is 0.189 e. The molecule has 0 amide bonds. The molecule has 9 heavy (non-hydrogen) atoms. The van der Waals surface area contributed by atoms with Crippen LogP contribution in [0.25, 0.3) is 0 Å². The van der Waals surface area contributed by atoms with Gasteiger partial charge >= 0.3 is 0 Å². The molecular formula is C6H11NOS.